The van der Waals surface area contributed by atoms with E-state index in [1.54, 1.807) is 0 Å². The Labute approximate surface area is 157 Å². The van der Waals surface area contributed by atoms with Gasteiger partial charge in [0.05, 0.1) is 29.0 Å². The highest BCUT2D eigenvalue weighted by Gasteiger charge is 2.09. The summed E-state index contributed by atoms with van der Waals surface area (Å²) in [6.07, 6.45) is 1.83. The predicted octanol–water partition coefficient (Wildman–Crippen LogP) is 5.94. The molecule has 126 valence electrons. The van der Waals surface area contributed by atoms with E-state index in [-0.39, 0.29) is 0 Å². The van der Waals surface area contributed by atoms with Gasteiger partial charge in [-0.25, -0.2) is 4.68 Å². The minimum absolute atomic E-state index is 0.699. The number of para-hydroxylation sites is 1. The van der Waals surface area contributed by atoms with Gasteiger partial charge in [-0.2, -0.15) is 5.10 Å². The highest BCUT2D eigenvalue weighted by Crippen LogP contribution is 2.22. The van der Waals surface area contributed by atoms with Gasteiger partial charge in [-0.1, -0.05) is 60.1 Å². The van der Waals surface area contributed by atoms with E-state index in [2.05, 4.69) is 17.1 Å². The van der Waals surface area contributed by atoms with Crippen molar-refractivity contribution >= 4 is 23.5 Å². The van der Waals surface area contributed by atoms with Gasteiger partial charge in [0.25, 0.3) is 0 Å². The van der Waals surface area contributed by atoms with Crippen molar-refractivity contribution in [2.24, 2.45) is 4.99 Å². The molecule has 0 saturated carbocycles. The number of aliphatic imine (C=N–C) groups is 1. The molecule has 4 rings (SSSR count). The Morgan fingerprint density at radius 1 is 0.808 bits per heavy atom. The first-order valence-corrected chi connectivity index (χ1v) is 8.68. The fraction of sp³-hybridized carbons (Fsp3) is 0. The third-order valence-corrected chi connectivity index (χ3v) is 4.23. The lowest BCUT2D eigenvalue weighted by Crippen LogP contribution is -2.01. The lowest BCUT2D eigenvalue weighted by Gasteiger charge is -2.03. The molecule has 3 nitrogen and oxygen atoms in total. The maximum atomic E-state index is 5.94. The van der Waals surface area contributed by atoms with Crippen LogP contribution in [-0.2, 0) is 0 Å². The SMILES string of the molecule is Clc1ccc(N=Cc2cc(-c3ccccc3)nn2-c2ccccc2)cc1. The molecule has 0 N–H and O–H groups in total. The molecule has 1 heterocycles. The van der Waals surface area contributed by atoms with E-state index in [9.17, 15) is 0 Å². The molecule has 3 aromatic carbocycles. The van der Waals surface area contributed by atoms with Crippen molar-refractivity contribution in [3.05, 3.63) is 102 Å². The first-order chi connectivity index (χ1) is 12.8. The van der Waals surface area contributed by atoms with Gasteiger partial charge in [-0.3, -0.25) is 4.99 Å². The van der Waals surface area contributed by atoms with E-state index >= 15 is 0 Å². The van der Waals surface area contributed by atoms with Gasteiger partial charge >= 0.3 is 0 Å². The Morgan fingerprint density at radius 2 is 1.46 bits per heavy atom. The fourth-order valence-electron chi connectivity index (χ4n) is 2.68. The van der Waals surface area contributed by atoms with Crippen molar-refractivity contribution in [1.29, 1.82) is 0 Å². The molecule has 1 aromatic heterocycles. The average molecular weight is 358 g/mol. The molecular weight excluding hydrogens is 342 g/mol. The van der Waals surface area contributed by atoms with Gasteiger partial charge < -0.3 is 0 Å². The van der Waals surface area contributed by atoms with E-state index in [1.165, 1.54) is 0 Å². The van der Waals surface area contributed by atoms with Crippen LogP contribution in [0.5, 0.6) is 0 Å². The van der Waals surface area contributed by atoms with Crippen molar-refractivity contribution in [2.75, 3.05) is 0 Å². The number of hydrogen-bond acceptors (Lipinski definition) is 2. The van der Waals surface area contributed by atoms with Crippen LogP contribution in [0.2, 0.25) is 5.02 Å². The van der Waals surface area contributed by atoms with Gasteiger partial charge in [-0.15, -0.1) is 0 Å². The van der Waals surface area contributed by atoms with E-state index in [0.717, 1.165) is 28.3 Å². The van der Waals surface area contributed by atoms with E-state index in [4.69, 9.17) is 16.7 Å². The third kappa shape index (κ3) is 3.58. The summed E-state index contributed by atoms with van der Waals surface area (Å²) in [5, 5.41) is 5.48. The number of benzene rings is 3. The molecule has 0 saturated heterocycles. The topological polar surface area (TPSA) is 30.2 Å². The predicted molar refractivity (Wildman–Crippen MR) is 108 cm³/mol. The van der Waals surface area contributed by atoms with Crippen LogP contribution in [-0.4, -0.2) is 16.0 Å². The molecule has 0 amide bonds. The van der Waals surface area contributed by atoms with E-state index < -0.39 is 0 Å². The zero-order chi connectivity index (χ0) is 17.8. The second-order valence-electron chi connectivity index (χ2n) is 5.80. The van der Waals surface area contributed by atoms with Crippen LogP contribution in [0.3, 0.4) is 0 Å². The summed E-state index contributed by atoms with van der Waals surface area (Å²) in [6.45, 7) is 0. The van der Waals surface area contributed by atoms with Crippen LogP contribution in [0.4, 0.5) is 5.69 Å². The quantitative estimate of drug-likeness (QED) is 0.415. The van der Waals surface area contributed by atoms with Crippen LogP contribution < -0.4 is 0 Å². The molecule has 0 spiro atoms. The Hall–Kier alpha value is -3.17. The molecule has 0 unspecified atom stereocenters. The summed E-state index contributed by atoms with van der Waals surface area (Å²) < 4.78 is 1.90. The summed E-state index contributed by atoms with van der Waals surface area (Å²) in [6, 6.07) is 29.7. The van der Waals surface area contributed by atoms with Crippen LogP contribution in [0.15, 0.2) is 96.0 Å². The standard InChI is InChI=1S/C22H16ClN3/c23-18-11-13-19(14-12-18)24-16-21-15-22(17-7-3-1-4-8-17)25-26(21)20-9-5-2-6-10-20/h1-16H. The Morgan fingerprint density at radius 3 is 2.15 bits per heavy atom. The van der Waals surface area contributed by atoms with Crippen molar-refractivity contribution in [2.45, 2.75) is 0 Å². The Kier molecular flexibility index (Phi) is 4.63. The van der Waals surface area contributed by atoms with Gasteiger partial charge in [0.15, 0.2) is 0 Å². The number of rotatable bonds is 4. The van der Waals surface area contributed by atoms with Crippen molar-refractivity contribution < 1.29 is 0 Å². The van der Waals surface area contributed by atoms with E-state index in [0.29, 0.717) is 5.02 Å². The lowest BCUT2D eigenvalue weighted by atomic mass is 10.1. The lowest BCUT2D eigenvalue weighted by molar-refractivity contribution is 0.877. The van der Waals surface area contributed by atoms with Crippen molar-refractivity contribution in [3.63, 3.8) is 0 Å². The number of hydrogen-bond donors (Lipinski definition) is 0. The zero-order valence-corrected chi connectivity index (χ0v) is 14.7. The Bertz CT molecular complexity index is 1020. The monoisotopic (exact) mass is 357 g/mol. The molecular formula is C22H16ClN3. The fourth-order valence-corrected chi connectivity index (χ4v) is 2.81. The smallest absolute Gasteiger partial charge is 0.0934 e. The molecule has 0 fully saturated rings. The molecule has 0 aliphatic carbocycles. The van der Waals surface area contributed by atoms with Crippen molar-refractivity contribution in [1.82, 2.24) is 9.78 Å². The minimum Gasteiger partial charge on any atom is -0.255 e. The van der Waals surface area contributed by atoms with E-state index in [1.807, 2.05) is 89.8 Å². The molecule has 0 aliphatic rings. The summed E-state index contributed by atoms with van der Waals surface area (Å²) in [4.78, 5) is 4.57. The third-order valence-electron chi connectivity index (χ3n) is 3.98. The van der Waals surface area contributed by atoms with Gasteiger partial charge in [0.2, 0.25) is 0 Å². The Balaban J connectivity index is 1.76. The highest BCUT2D eigenvalue weighted by molar-refractivity contribution is 6.30. The molecule has 0 radical (unpaired) electrons. The number of halogens is 1. The maximum Gasteiger partial charge on any atom is 0.0934 e. The average Bonchev–Trinajstić information content (AvgIpc) is 3.13. The van der Waals surface area contributed by atoms with Crippen LogP contribution in [0.1, 0.15) is 5.69 Å². The molecule has 0 aliphatic heterocycles. The summed E-state index contributed by atoms with van der Waals surface area (Å²) in [5.41, 5.74) is 4.73. The number of nitrogens with zero attached hydrogens (tertiary/aromatic N) is 3. The first-order valence-electron chi connectivity index (χ1n) is 8.30. The molecule has 4 aromatic rings. The van der Waals surface area contributed by atoms with Crippen LogP contribution in [0.25, 0.3) is 16.9 Å². The summed E-state index contributed by atoms with van der Waals surface area (Å²) >= 11 is 5.94. The first kappa shape index (κ1) is 16.3. The van der Waals surface area contributed by atoms with Crippen molar-refractivity contribution in [3.8, 4) is 16.9 Å². The summed E-state index contributed by atoms with van der Waals surface area (Å²) in [5.74, 6) is 0. The van der Waals surface area contributed by atoms with Gasteiger partial charge in [0.1, 0.15) is 0 Å². The second-order valence-corrected chi connectivity index (χ2v) is 6.24. The zero-order valence-electron chi connectivity index (χ0n) is 14.0. The van der Waals surface area contributed by atoms with Gasteiger partial charge in [0, 0.05) is 10.6 Å². The highest BCUT2D eigenvalue weighted by atomic mass is 35.5. The molecule has 26 heavy (non-hydrogen) atoms. The van der Waals surface area contributed by atoms with Crippen LogP contribution >= 0.6 is 11.6 Å². The van der Waals surface area contributed by atoms with Crippen LogP contribution in [0, 0.1) is 0 Å². The maximum absolute atomic E-state index is 5.94. The minimum atomic E-state index is 0.699. The number of aromatic nitrogens is 2. The summed E-state index contributed by atoms with van der Waals surface area (Å²) in [7, 11) is 0. The molecule has 0 atom stereocenters. The molecule has 0 bridgehead atoms. The normalized spacial score (nSPS) is 11.1. The van der Waals surface area contributed by atoms with Gasteiger partial charge in [-0.05, 0) is 42.5 Å². The molecule has 4 heteroatoms. The largest absolute Gasteiger partial charge is 0.255 e. The second kappa shape index (κ2) is 7.38.